The van der Waals surface area contributed by atoms with Crippen LogP contribution in [0.5, 0.6) is 0 Å². The van der Waals surface area contributed by atoms with Crippen molar-refractivity contribution in [2.24, 2.45) is 5.92 Å². The Hall–Kier alpha value is -1.10. The fourth-order valence-electron chi connectivity index (χ4n) is 1.95. The number of carbonyl (C=O) groups is 2. The highest BCUT2D eigenvalue weighted by atomic mass is 16.6. The highest BCUT2D eigenvalue weighted by Gasteiger charge is 2.33. The van der Waals surface area contributed by atoms with E-state index in [1.54, 1.807) is 4.90 Å². The van der Waals surface area contributed by atoms with Crippen LogP contribution in [-0.4, -0.2) is 48.7 Å². The summed E-state index contributed by atoms with van der Waals surface area (Å²) in [4.78, 5) is 25.3. The first kappa shape index (κ1) is 16.0. The van der Waals surface area contributed by atoms with Gasteiger partial charge in [0.05, 0.1) is 0 Å². The van der Waals surface area contributed by atoms with E-state index in [0.717, 1.165) is 6.42 Å². The van der Waals surface area contributed by atoms with Crippen molar-refractivity contribution in [2.45, 2.75) is 46.1 Å². The van der Waals surface area contributed by atoms with Crippen LogP contribution in [0.15, 0.2) is 0 Å². The van der Waals surface area contributed by atoms with Crippen LogP contribution in [0.3, 0.4) is 0 Å². The van der Waals surface area contributed by atoms with E-state index >= 15 is 0 Å². The van der Waals surface area contributed by atoms with Gasteiger partial charge in [0, 0.05) is 25.6 Å². The van der Waals surface area contributed by atoms with Crippen molar-refractivity contribution in [3.63, 3.8) is 0 Å². The zero-order chi connectivity index (χ0) is 14.5. The SMILES string of the molecule is CCCOCC(=O)C1CCN(C(=O)OC(C)(C)C)C1. The first-order chi connectivity index (χ1) is 8.83. The van der Waals surface area contributed by atoms with Crippen molar-refractivity contribution in [2.75, 3.05) is 26.3 Å². The van der Waals surface area contributed by atoms with E-state index < -0.39 is 5.60 Å². The zero-order valence-corrected chi connectivity index (χ0v) is 12.4. The standard InChI is InChI=1S/C14H25NO4/c1-5-8-18-10-12(16)11-6-7-15(9-11)13(17)19-14(2,3)4/h11H,5-10H2,1-4H3. The van der Waals surface area contributed by atoms with Gasteiger partial charge >= 0.3 is 6.09 Å². The molecule has 19 heavy (non-hydrogen) atoms. The number of rotatable bonds is 5. The molecule has 5 nitrogen and oxygen atoms in total. The quantitative estimate of drug-likeness (QED) is 0.720. The fourth-order valence-corrected chi connectivity index (χ4v) is 1.95. The number of nitrogens with zero attached hydrogens (tertiary/aromatic N) is 1. The second kappa shape index (κ2) is 6.89. The Bertz CT molecular complexity index is 322. The number of amides is 1. The normalized spacial score (nSPS) is 19.6. The van der Waals surface area contributed by atoms with E-state index in [1.165, 1.54) is 0 Å². The number of ether oxygens (including phenoxy) is 2. The van der Waals surface area contributed by atoms with Crippen LogP contribution in [0.1, 0.15) is 40.5 Å². The molecule has 0 aromatic rings. The molecular weight excluding hydrogens is 246 g/mol. The molecule has 0 saturated carbocycles. The predicted molar refractivity (Wildman–Crippen MR) is 72.0 cm³/mol. The van der Waals surface area contributed by atoms with Gasteiger partial charge in [-0.05, 0) is 33.6 Å². The lowest BCUT2D eigenvalue weighted by atomic mass is 10.0. The first-order valence-corrected chi connectivity index (χ1v) is 6.92. The van der Waals surface area contributed by atoms with Crippen molar-refractivity contribution in [3.8, 4) is 0 Å². The highest BCUT2D eigenvalue weighted by Crippen LogP contribution is 2.20. The lowest BCUT2D eigenvalue weighted by molar-refractivity contribution is -0.127. The topological polar surface area (TPSA) is 55.8 Å². The molecule has 0 radical (unpaired) electrons. The number of likely N-dealkylation sites (tertiary alicyclic amines) is 1. The molecule has 1 atom stereocenters. The van der Waals surface area contributed by atoms with Crippen molar-refractivity contribution >= 4 is 11.9 Å². The first-order valence-electron chi connectivity index (χ1n) is 6.92. The zero-order valence-electron chi connectivity index (χ0n) is 12.4. The Kier molecular flexibility index (Phi) is 5.79. The Morgan fingerprint density at radius 1 is 1.32 bits per heavy atom. The predicted octanol–water partition coefficient (Wildman–Crippen LogP) is 2.24. The molecule has 1 amide bonds. The summed E-state index contributed by atoms with van der Waals surface area (Å²) < 4.78 is 10.5. The van der Waals surface area contributed by atoms with Gasteiger partial charge in [0.1, 0.15) is 12.2 Å². The number of carbonyl (C=O) groups excluding carboxylic acids is 2. The Morgan fingerprint density at radius 3 is 2.58 bits per heavy atom. The third-order valence-corrected chi connectivity index (χ3v) is 2.89. The molecular formula is C14H25NO4. The lowest BCUT2D eigenvalue weighted by Gasteiger charge is -2.24. The number of hydrogen-bond donors (Lipinski definition) is 0. The summed E-state index contributed by atoms with van der Waals surface area (Å²) in [6.07, 6.45) is 1.27. The summed E-state index contributed by atoms with van der Waals surface area (Å²) in [5.74, 6) is -0.0242. The third-order valence-electron chi connectivity index (χ3n) is 2.89. The monoisotopic (exact) mass is 271 g/mol. The average Bonchev–Trinajstić information content (AvgIpc) is 2.76. The minimum Gasteiger partial charge on any atom is -0.444 e. The Labute approximate surface area is 115 Å². The van der Waals surface area contributed by atoms with Gasteiger partial charge in [0.2, 0.25) is 0 Å². The van der Waals surface area contributed by atoms with E-state index in [9.17, 15) is 9.59 Å². The Balaban J connectivity index is 2.36. The second-order valence-corrected chi connectivity index (χ2v) is 5.93. The average molecular weight is 271 g/mol. The van der Waals surface area contributed by atoms with Gasteiger partial charge in [0.15, 0.2) is 5.78 Å². The van der Waals surface area contributed by atoms with Crippen molar-refractivity contribution < 1.29 is 19.1 Å². The molecule has 0 spiro atoms. The van der Waals surface area contributed by atoms with Gasteiger partial charge in [-0.25, -0.2) is 4.79 Å². The summed E-state index contributed by atoms with van der Waals surface area (Å²) in [7, 11) is 0. The Morgan fingerprint density at radius 2 is 2.00 bits per heavy atom. The summed E-state index contributed by atoms with van der Waals surface area (Å²) in [5, 5.41) is 0. The van der Waals surface area contributed by atoms with E-state index in [-0.39, 0.29) is 24.4 Å². The molecule has 0 N–H and O–H groups in total. The van der Waals surface area contributed by atoms with Gasteiger partial charge in [-0.2, -0.15) is 0 Å². The van der Waals surface area contributed by atoms with Crippen LogP contribution in [-0.2, 0) is 14.3 Å². The van der Waals surface area contributed by atoms with Gasteiger partial charge in [-0.15, -0.1) is 0 Å². The van der Waals surface area contributed by atoms with E-state index in [0.29, 0.717) is 26.1 Å². The summed E-state index contributed by atoms with van der Waals surface area (Å²) in [5.41, 5.74) is -0.497. The molecule has 0 aromatic carbocycles. The van der Waals surface area contributed by atoms with Gasteiger partial charge in [-0.1, -0.05) is 6.92 Å². The maximum absolute atomic E-state index is 11.9. The molecule has 0 aliphatic carbocycles. The lowest BCUT2D eigenvalue weighted by Crippen LogP contribution is -2.36. The van der Waals surface area contributed by atoms with Crippen LogP contribution in [0.2, 0.25) is 0 Å². The van der Waals surface area contributed by atoms with Gasteiger partial charge in [0.25, 0.3) is 0 Å². The molecule has 0 aromatic heterocycles. The van der Waals surface area contributed by atoms with Crippen molar-refractivity contribution in [1.82, 2.24) is 4.90 Å². The number of hydrogen-bond acceptors (Lipinski definition) is 4. The van der Waals surface area contributed by atoms with Gasteiger partial charge in [-0.3, -0.25) is 4.79 Å². The second-order valence-electron chi connectivity index (χ2n) is 5.93. The molecule has 1 rings (SSSR count). The van der Waals surface area contributed by atoms with Gasteiger partial charge < -0.3 is 14.4 Å². The maximum Gasteiger partial charge on any atom is 0.410 e. The van der Waals surface area contributed by atoms with Crippen LogP contribution >= 0.6 is 0 Å². The molecule has 1 unspecified atom stereocenters. The van der Waals surface area contributed by atoms with E-state index in [2.05, 4.69) is 0 Å². The summed E-state index contributed by atoms with van der Waals surface area (Å²) in [6, 6.07) is 0. The number of Topliss-reactive ketones (excluding diaryl/α,β-unsaturated/α-hetero) is 1. The van der Waals surface area contributed by atoms with Crippen LogP contribution in [0.4, 0.5) is 4.79 Å². The van der Waals surface area contributed by atoms with E-state index in [1.807, 2.05) is 27.7 Å². The molecule has 1 heterocycles. The summed E-state index contributed by atoms with van der Waals surface area (Å²) >= 11 is 0. The maximum atomic E-state index is 11.9. The van der Waals surface area contributed by atoms with Crippen LogP contribution in [0, 0.1) is 5.92 Å². The van der Waals surface area contributed by atoms with Crippen LogP contribution < -0.4 is 0 Å². The molecule has 1 saturated heterocycles. The largest absolute Gasteiger partial charge is 0.444 e. The minimum atomic E-state index is -0.497. The van der Waals surface area contributed by atoms with Crippen molar-refractivity contribution in [1.29, 1.82) is 0 Å². The third kappa shape index (κ3) is 5.59. The fraction of sp³-hybridized carbons (Fsp3) is 0.857. The summed E-state index contributed by atoms with van der Waals surface area (Å²) in [6.45, 7) is 9.30. The molecule has 110 valence electrons. The van der Waals surface area contributed by atoms with E-state index in [4.69, 9.17) is 9.47 Å². The van der Waals surface area contributed by atoms with Crippen LogP contribution in [0.25, 0.3) is 0 Å². The molecule has 0 bridgehead atoms. The molecule has 1 aliphatic heterocycles. The molecule has 1 aliphatic rings. The molecule has 5 heteroatoms. The molecule has 1 fully saturated rings. The number of ketones is 1. The smallest absolute Gasteiger partial charge is 0.410 e. The van der Waals surface area contributed by atoms with Crippen molar-refractivity contribution in [3.05, 3.63) is 0 Å². The highest BCUT2D eigenvalue weighted by molar-refractivity contribution is 5.83. The minimum absolute atomic E-state index is 0.0829.